The minimum Gasteiger partial charge on any atom is -0.277 e. The van der Waals surface area contributed by atoms with E-state index in [2.05, 4.69) is 15.0 Å². The van der Waals surface area contributed by atoms with Crippen molar-refractivity contribution in [2.24, 2.45) is 0 Å². The maximum atomic E-state index is 16.0. The molecule has 0 spiro atoms. The van der Waals surface area contributed by atoms with Gasteiger partial charge in [0.05, 0.1) is 17.1 Å². The Balaban J connectivity index is 1.62. The molecule has 1 aliphatic carbocycles. The molecule has 3 aromatic heterocycles. The predicted octanol–water partition coefficient (Wildman–Crippen LogP) is 5.22. The number of aryl methyl sites for hydroxylation is 3. The van der Waals surface area contributed by atoms with Gasteiger partial charge in [-0.15, -0.1) is 0 Å². The molecule has 0 unspecified atom stereocenters. The molecule has 2 atom stereocenters. The number of aromatic nitrogens is 4. The van der Waals surface area contributed by atoms with Gasteiger partial charge in [0.2, 0.25) is 0 Å². The maximum Gasteiger partial charge on any atom is 0.274 e. The molecular formula is C27H23ClF2N4O3S. The van der Waals surface area contributed by atoms with E-state index < -0.39 is 37.6 Å². The first-order valence-electron chi connectivity index (χ1n) is 11.7. The Morgan fingerprint density at radius 2 is 1.79 bits per heavy atom. The Morgan fingerprint density at radius 1 is 1.05 bits per heavy atom. The molecule has 0 N–H and O–H groups in total. The summed E-state index contributed by atoms with van der Waals surface area (Å²) in [6.45, 7) is 5.09. The summed E-state index contributed by atoms with van der Waals surface area (Å²) in [6.07, 6.45) is 6.30. The van der Waals surface area contributed by atoms with Crippen LogP contribution in [0, 0.1) is 32.4 Å². The Morgan fingerprint density at radius 3 is 2.47 bits per heavy atom. The van der Waals surface area contributed by atoms with Gasteiger partial charge in [-0.3, -0.25) is 24.3 Å². The molecule has 4 aromatic rings. The third kappa shape index (κ3) is 4.41. The lowest BCUT2D eigenvalue weighted by atomic mass is 10.1. The SMILES string of the molecule is Cc1cncc([C@H]2C[C@@H]2c2cc(C)n(-c3c(C)cnc(-c4cccc(S(C)(=O)=O)c4F)c3F)c(=O)c2Cl)n1. The Kier molecular flexibility index (Phi) is 6.43. The van der Waals surface area contributed by atoms with Crippen LogP contribution < -0.4 is 5.56 Å². The number of hydrogen-bond acceptors (Lipinski definition) is 6. The van der Waals surface area contributed by atoms with Gasteiger partial charge in [0.25, 0.3) is 5.56 Å². The van der Waals surface area contributed by atoms with E-state index >= 15 is 8.78 Å². The molecule has 1 aliphatic rings. The van der Waals surface area contributed by atoms with E-state index in [1.54, 1.807) is 32.3 Å². The molecular weight excluding hydrogens is 534 g/mol. The van der Waals surface area contributed by atoms with Gasteiger partial charge in [0.15, 0.2) is 21.5 Å². The molecule has 196 valence electrons. The largest absolute Gasteiger partial charge is 0.277 e. The lowest BCUT2D eigenvalue weighted by Crippen LogP contribution is -2.24. The van der Waals surface area contributed by atoms with Crippen molar-refractivity contribution >= 4 is 21.4 Å². The summed E-state index contributed by atoms with van der Waals surface area (Å²) in [4.78, 5) is 25.7. The minimum atomic E-state index is -3.91. The topological polar surface area (TPSA) is 94.8 Å². The average Bonchev–Trinajstić information content (AvgIpc) is 3.64. The molecule has 1 fully saturated rings. The number of halogens is 3. The second kappa shape index (κ2) is 9.36. The number of hydrogen-bond donors (Lipinski definition) is 0. The predicted molar refractivity (Wildman–Crippen MR) is 140 cm³/mol. The molecule has 0 bridgehead atoms. The molecule has 0 amide bonds. The van der Waals surface area contributed by atoms with E-state index in [0.29, 0.717) is 16.8 Å². The van der Waals surface area contributed by atoms with E-state index in [1.165, 1.54) is 18.3 Å². The van der Waals surface area contributed by atoms with E-state index in [0.717, 1.165) is 34.7 Å². The van der Waals surface area contributed by atoms with Gasteiger partial charge in [-0.05, 0) is 62.4 Å². The minimum absolute atomic E-state index is 0.0218. The van der Waals surface area contributed by atoms with Crippen LogP contribution in [0.5, 0.6) is 0 Å². The standard InChI is InChI=1S/C27H23ClF2N4O3S/c1-13-10-32-25(16-6-5-7-21(23(16)29)38(4,36)37)24(30)26(13)34-15(3)8-19(22(28)27(34)35)17-9-18(17)20-12-31-11-14(2)33-20/h5-8,10-12,17-18H,9H2,1-4H3/t17-,18-/m0/s1. The number of sulfone groups is 1. The monoisotopic (exact) mass is 556 g/mol. The van der Waals surface area contributed by atoms with Crippen LogP contribution in [0.1, 0.15) is 46.5 Å². The highest BCUT2D eigenvalue weighted by Crippen LogP contribution is 2.55. The van der Waals surface area contributed by atoms with Gasteiger partial charge in [0, 0.05) is 42.0 Å². The first kappa shape index (κ1) is 26.1. The summed E-state index contributed by atoms with van der Waals surface area (Å²) in [5, 5.41) is -0.0360. The lowest BCUT2D eigenvalue weighted by Gasteiger charge is -2.18. The molecule has 0 aliphatic heterocycles. The van der Waals surface area contributed by atoms with Crippen molar-refractivity contribution < 1.29 is 17.2 Å². The zero-order valence-electron chi connectivity index (χ0n) is 21.0. The maximum absolute atomic E-state index is 16.0. The first-order valence-corrected chi connectivity index (χ1v) is 14.0. The van der Waals surface area contributed by atoms with Crippen molar-refractivity contribution in [2.45, 2.75) is 43.9 Å². The van der Waals surface area contributed by atoms with Crippen molar-refractivity contribution in [3.63, 3.8) is 0 Å². The molecule has 38 heavy (non-hydrogen) atoms. The molecule has 1 aromatic carbocycles. The summed E-state index contributed by atoms with van der Waals surface area (Å²) in [5.41, 5.74) is 1.52. The van der Waals surface area contributed by atoms with Crippen molar-refractivity contribution in [1.29, 1.82) is 0 Å². The van der Waals surface area contributed by atoms with Crippen molar-refractivity contribution in [3.05, 3.63) is 98.1 Å². The quantitative estimate of drug-likeness (QED) is 0.334. The van der Waals surface area contributed by atoms with Gasteiger partial charge in [-0.25, -0.2) is 17.2 Å². The Bertz CT molecular complexity index is 1790. The molecule has 3 heterocycles. The van der Waals surface area contributed by atoms with E-state index in [1.807, 2.05) is 6.92 Å². The number of pyridine rings is 2. The van der Waals surface area contributed by atoms with E-state index in [4.69, 9.17) is 11.6 Å². The lowest BCUT2D eigenvalue weighted by molar-refractivity contribution is 0.569. The summed E-state index contributed by atoms with van der Waals surface area (Å²) in [5.74, 6) is -2.03. The zero-order chi connectivity index (χ0) is 27.5. The van der Waals surface area contributed by atoms with Crippen LogP contribution in [0.15, 0.2) is 52.5 Å². The second-order valence-corrected chi connectivity index (χ2v) is 11.9. The summed E-state index contributed by atoms with van der Waals surface area (Å²) in [6, 6.07) is 5.40. The van der Waals surface area contributed by atoms with Crippen LogP contribution >= 0.6 is 11.6 Å². The third-order valence-electron chi connectivity index (χ3n) is 6.72. The zero-order valence-corrected chi connectivity index (χ0v) is 22.5. The van der Waals surface area contributed by atoms with Crippen LogP contribution in [-0.2, 0) is 9.84 Å². The Labute approximate surface area is 223 Å². The van der Waals surface area contributed by atoms with Crippen molar-refractivity contribution in [1.82, 2.24) is 19.5 Å². The van der Waals surface area contributed by atoms with Gasteiger partial charge in [0.1, 0.15) is 15.6 Å². The van der Waals surface area contributed by atoms with Crippen LogP contribution in [0.25, 0.3) is 16.9 Å². The molecule has 0 radical (unpaired) electrons. The van der Waals surface area contributed by atoms with Gasteiger partial charge in [-0.2, -0.15) is 0 Å². The van der Waals surface area contributed by atoms with Crippen molar-refractivity contribution in [2.75, 3.05) is 6.26 Å². The fourth-order valence-corrected chi connectivity index (χ4v) is 5.86. The summed E-state index contributed by atoms with van der Waals surface area (Å²) >= 11 is 6.56. The van der Waals surface area contributed by atoms with Crippen LogP contribution in [-0.4, -0.2) is 34.2 Å². The second-order valence-electron chi connectivity index (χ2n) is 9.57. The van der Waals surface area contributed by atoms with Gasteiger partial charge in [-0.1, -0.05) is 17.7 Å². The summed E-state index contributed by atoms with van der Waals surface area (Å²) < 4.78 is 56.3. The average molecular weight is 557 g/mol. The molecule has 0 saturated heterocycles. The highest BCUT2D eigenvalue weighted by Gasteiger charge is 2.43. The number of nitrogens with zero attached hydrogens (tertiary/aromatic N) is 4. The number of benzene rings is 1. The Hall–Kier alpha value is -3.50. The first-order chi connectivity index (χ1) is 17.9. The third-order valence-corrected chi connectivity index (χ3v) is 8.22. The summed E-state index contributed by atoms with van der Waals surface area (Å²) in [7, 11) is -3.91. The van der Waals surface area contributed by atoms with Crippen molar-refractivity contribution in [3.8, 4) is 16.9 Å². The fraction of sp³-hybridized carbons (Fsp3) is 0.259. The van der Waals surface area contributed by atoms with Crippen LogP contribution in [0.3, 0.4) is 0 Å². The van der Waals surface area contributed by atoms with Gasteiger partial charge >= 0.3 is 0 Å². The van der Waals surface area contributed by atoms with Crippen LogP contribution in [0.4, 0.5) is 8.78 Å². The highest BCUT2D eigenvalue weighted by molar-refractivity contribution is 7.90. The van der Waals surface area contributed by atoms with E-state index in [-0.39, 0.29) is 28.1 Å². The smallest absolute Gasteiger partial charge is 0.274 e. The normalized spacial score (nSPS) is 17.0. The highest BCUT2D eigenvalue weighted by atomic mass is 35.5. The number of rotatable bonds is 5. The van der Waals surface area contributed by atoms with Gasteiger partial charge < -0.3 is 0 Å². The van der Waals surface area contributed by atoms with Crippen LogP contribution in [0.2, 0.25) is 5.02 Å². The molecule has 5 rings (SSSR count). The molecule has 11 heteroatoms. The fourth-order valence-electron chi connectivity index (χ4n) is 4.82. The molecule has 1 saturated carbocycles. The van der Waals surface area contributed by atoms with E-state index in [9.17, 15) is 13.2 Å². The molecule has 7 nitrogen and oxygen atoms in total.